The average molecular weight is 318 g/mol. The Balaban J connectivity index is 2.02. The molecular weight excluding hydrogens is 296 g/mol. The average Bonchev–Trinajstić information content (AvgIpc) is 2.90. The molecule has 0 amide bonds. The number of cyclic esters (lactones) is 1. The Morgan fingerprint density at radius 2 is 1.62 bits per heavy atom. The van der Waals surface area contributed by atoms with Gasteiger partial charge in [-0.25, -0.2) is 4.79 Å². The zero-order valence-electron chi connectivity index (χ0n) is 14.7. The van der Waals surface area contributed by atoms with E-state index >= 15 is 0 Å². The summed E-state index contributed by atoms with van der Waals surface area (Å²) in [4.78, 5) is 12.4. The van der Waals surface area contributed by atoms with Crippen LogP contribution in [0.3, 0.4) is 0 Å². The third-order valence-corrected chi connectivity index (χ3v) is 5.56. The van der Waals surface area contributed by atoms with Gasteiger partial charge in [-0.05, 0) is 73.1 Å². The highest BCUT2D eigenvalue weighted by atomic mass is 16.5. The zero-order chi connectivity index (χ0) is 17.0. The molecule has 0 spiro atoms. The van der Waals surface area contributed by atoms with Gasteiger partial charge in [0.2, 0.25) is 0 Å². The summed E-state index contributed by atoms with van der Waals surface area (Å²) >= 11 is 0. The molecule has 2 nitrogen and oxygen atoms in total. The molecule has 0 bridgehead atoms. The highest BCUT2D eigenvalue weighted by Gasteiger charge is 2.38. The fourth-order valence-electron chi connectivity index (χ4n) is 3.87. The lowest BCUT2D eigenvalue weighted by Crippen LogP contribution is -2.17. The SMILES string of the molecule is Cc1ccc(C2=C3C(=O)OCC3Cc3cc(C)c(C)cc32)cc1C. The molecule has 1 unspecified atom stereocenters. The van der Waals surface area contributed by atoms with Crippen molar-refractivity contribution in [3.63, 3.8) is 0 Å². The van der Waals surface area contributed by atoms with Crippen LogP contribution < -0.4 is 0 Å². The van der Waals surface area contributed by atoms with Gasteiger partial charge in [-0.3, -0.25) is 0 Å². The molecule has 1 fully saturated rings. The van der Waals surface area contributed by atoms with Crippen LogP contribution in [0.15, 0.2) is 35.9 Å². The van der Waals surface area contributed by atoms with E-state index in [2.05, 4.69) is 58.0 Å². The van der Waals surface area contributed by atoms with E-state index in [1.54, 1.807) is 0 Å². The summed E-state index contributed by atoms with van der Waals surface area (Å²) in [5.74, 6) is 0.0424. The van der Waals surface area contributed by atoms with E-state index in [4.69, 9.17) is 4.74 Å². The molecule has 2 aromatic rings. The van der Waals surface area contributed by atoms with Gasteiger partial charge in [-0.2, -0.15) is 0 Å². The number of aryl methyl sites for hydroxylation is 4. The van der Waals surface area contributed by atoms with Gasteiger partial charge in [0.15, 0.2) is 0 Å². The topological polar surface area (TPSA) is 26.3 Å². The van der Waals surface area contributed by atoms with Crippen LogP contribution in [0.25, 0.3) is 5.57 Å². The zero-order valence-corrected chi connectivity index (χ0v) is 14.7. The lowest BCUT2D eigenvalue weighted by Gasteiger charge is -2.25. The van der Waals surface area contributed by atoms with Crippen LogP contribution in [0.1, 0.15) is 38.9 Å². The highest BCUT2D eigenvalue weighted by molar-refractivity contribution is 6.05. The van der Waals surface area contributed by atoms with Crippen molar-refractivity contribution in [3.05, 3.63) is 74.8 Å². The summed E-state index contributed by atoms with van der Waals surface area (Å²) in [5.41, 5.74) is 10.7. The maximum Gasteiger partial charge on any atom is 0.335 e. The smallest absolute Gasteiger partial charge is 0.335 e. The van der Waals surface area contributed by atoms with Gasteiger partial charge in [0.25, 0.3) is 0 Å². The van der Waals surface area contributed by atoms with Crippen LogP contribution in [-0.4, -0.2) is 12.6 Å². The number of fused-ring (bicyclic) bond motifs is 2. The van der Waals surface area contributed by atoms with Gasteiger partial charge in [0.1, 0.15) is 0 Å². The summed E-state index contributed by atoms with van der Waals surface area (Å²) in [5, 5.41) is 0. The van der Waals surface area contributed by atoms with Crippen molar-refractivity contribution < 1.29 is 9.53 Å². The molecule has 2 aromatic carbocycles. The molecule has 1 heterocycles. The number of hydrogen-bond donors (Lipinski definition) is 0. The van der Waals surface area contributed by atoms with Gasteiger partial charge >= 0.3 is 5.97 Å². The Hall–Kier alpha value is -2.35. The Kier molecular flexibility index (Phi) is 3.38. The second-order valence-electron chi connectivity index (χ2n) is 7.18. The van der Waals surface area contributed by atoms with Crippen molar-refractivity contribution in [2.75, 3.05) is 6.61 Å². The molecule has 0 aromatic heterocycles. The molecule has 1 atom stereocenters. The second kappa shape index (κ2) is 5.34. The first kappa shape index (κ1) is 15.2. The number of benzene rings is 2. The minimum atomic E-state index is -0.142. The lowest BCUT2D eigenvalue weighted by molar-refractivity contribution is -0.135. The van der Waals surface area contributed by atoms with Crippen molar-refractivity contribution in [2.45, 2.75) is 34.1 Å². The van der Waals surface area contributed by atoms with E-state index in [0.29, 0.717) is 6.61 Å². The number of ether oxygens (including phenoxy) is 1. The van der Waals surface area contributed by atoms with Crippen molar-refractivity contribution >= 4 is 11.5 Å². The normalized spacial score (nSPS) is 19.2. The van der Waals surface area contributed by atoms with E-state index in [9.17, 15) is 4.79 Å². The summed E-state index contributed by atoms with van der Waals surface area (Å²) in [7, 11) is 0. The van der Waals surface area contributed by atoms with Crippen LogP contribution >= 0.6 is 0 Å². The fraction of sp³-hybridized carbons (Fsp3) is 0.318. The highest BCUT2D eigenvalue weighted by Crippen LogP contribution is 2.43. The van der Waals surface area contributed by atoms with Crippen molar-refractivity contribution in [3.8, 4) is 0 Å². The van der Waals surface area contributed by atoms with E-state index in [0.717, 1.165) is 23.1 Å². The standard InChI is InChI=1S/C22H22O2/c1-12-5-6-16(7-13(12)2)20-19-9-15(4)14(3)8-17(19)10-18-11-24-22(23)21(18)20/h5-9,18H,10-11H2,1-4H3. The van der Waals surface area contributed by atoms with Crippen molar-refractivity contribution in [1.29, 1.82) is 0 Å². The Morgan fingerprint density at radius 3 is 2.38 bits per heavy atom. The van der Waals surface area contributed by atoms with Crippen LogP contribution in [0.5, 0.6) is 0 Å². The molecular formula is C22H22O2. The molecule has 2 aliphatic rings. The number of carbonyl (C=O) groups is 1. The van der Waals surface area contributed by atoms with Crippen LogP contribution in [0.4, 0.5) is 0 Å². The predicted molar refractivity (Wildman–Crippen MR) is 96.0 cm³/mol. The quantitative estimate of drug-likeness (QED) is 0.726. The molecule has 1 saturated heterocycles. The molecule has 122 valence electrons. The first-order valence-electron chi connectivity index (χ1n) is 8.55. The van der Waals surface area contributed by atoms with E-state index in [1.165, 1.54) is 33.4 Å². The third kappa shape index (κ3) is 2.21. The molecule has 1 aliphatic heterocycles. The van der Waals surface area contributed by atoms with E-state index < -0.39 is 0 Å². The maximum absolute atomic E-state index is 12.4. The Morgan fingerprint density at radius 1 is 0.917 bits per heavy atom. The molecule has 0 N–H and O–H groups in total. The van der Waals surface area contributed by atoms with Crippen LogP contribution in [-0.2, 0) is 16.0 Å². The van der Waals surface area contributed by atoms with Gasteiger partial charge in [-0.1, -0.05) is 30.3 Å². The van der Waals surface area contributed by atoms with Gasteiger partial charge in [0, 0.05) is 11.5 Å². The number of hydrogen-bond acceptors (Lipinski definition) is 2. The van der Waals surface area contributed by atoms with Crippen LogP contribution in [0, 0.1) is 33.6 Å². The van der Waals surface area contributed by atoms with Crippen LogP contribution in [0.2, 0.25) is 0 Å². The summed E-state index contributed by atoms with van der Waals surface area (Å²) in [6.07, 6.45) is 0.895. The summed E-state index contributed by atoms with van der Waals surface area (Å²) < 4.78 is 5.40. The first-order valence-corrected chi connectivity index (χ1v) is 8.55. The van der Waals surface area contributed by atoms with E-state index in [1.807, 2.05) is 0 Å². The fourth-order valence-corrected chi connectivity index (χ4v) is 3.87. The van der Waals surface area contributed by atoms with Gasteiger partial charge in [-0.15, -0.1) is 0 Å². The number of rotatable bonds is 1. The molecule has 4 rings (SSSR count). The molecule has 24 heavy (non-hydrogen) atoms. The van der Waals surface area contributed by atoms with Gasteiger partial charge < -0.3 is 4.74 Å². The lowest BCUT2D eigenvalue weighted by atomic mass is 9.76. The molecule has 1 aliphatic carbocycles. The number of esters is 1. The Labute approximate surface area is 143 Å². The molecule has 0 saturated carbocycles. The second-order valence-corrected chi connectivity index (χ2v) is 7.18. The predicted octanol–water partition coefficient (Wildman–Crippen LogP) is 4.45. The molecule has 0 radical (unpaired) electrons. The third-order valence-electron chi connectivity index (χ3n) is 5.56. The monoisotopic (exact) mass is 318 g/mol. The largest absolute Gasteiger partial charge is 0.462 e. The van der Waals surface area contributed by atoms with Crippen molar-refractivity contribution in [1.82, 2.24) is 0 Å². The minimum Gasteiger partial charge on any atom is -0.462 e. The summed E-state index contributed by atoms with van der Waals surface area (Å²) in [6, 6.07) is 11.0. The van der Waals surface area contributed by atoms with Crippen molar-refractivity contribution in [2.24, 2.45) is 5.92 Å². The minimum absolute atomic E-state index is 0.142. The Bertz CT molecular complexity index is 902. The first-order chi connectivity index (χ1) is 11.5. The van der Waals surface area contributed by atoms with Gasteiger partial charge in [0.05, 0.1) is 12.2 Å². The summed E-state index contributed by atoms with van der Waals surface area (Å²) in [6.45, 7) is 9.04. The van der Waals surface area contributed by atoms with E-state index in [-0.39, 0.29) is 11.9 Å². The maximum atomic E-state index is 12.4. The number of carbonyl (C=O) groups excluding carboxylic acids is 1. The molecule has 2 heteroatoms.